The van der Waals surface area contributed by atoms with Crippen LogP contribution in [0.5, 0.6) is 17.2 Å². The molecule has 2 aromatic carbocycles. The van der Waals surface area contributed by atoms with Gasteiger partial charge in [-0.1, -0.05) is 6.07 Å². The van der Waals surface area contributed by atoms with Gasteiger partial charge in [0.1, 0.15) is 11.5 Å². The summed E-state index contributed by atoms with van der Waals surface area (Å²) in [6.45, 7) is 4.33. The molecule has 0 aromatic heterocycles. The molecule has 0 bridgehead atoms. The normalized spacial score (nSPS) is 12.0. The summed E-state index contributed by atoms with van der Waals surface area (Å²) in [5.41, 5.74) is 6.45. The minimum atomic E-state index is -0.423. The van der Waals surface area contributed by atoms with E-state index in [-0.39, 0.29) is 11.8 Å². The first-order valence-electron chi connectivity index (χ1n) is 6.56. The Hall–Kier alpha value is -2.07. The van der Waals surface area contributed by atoms with Gasteiger partial charge in [-0.15, -0.1) is 0 Å². The van der Waals surface area contributed by atoms with E-state index in [9.17, 15) is 4.39 Å². The van der Waals surface area contributed by atoms with Crippen molar-refractivity contribution in [2.24, 2.45) is 5.73 Å². The van der Waals surface area contributed by atoms with Crippen LogP contribution in [0.1, 0.15) is 25.5 Å². The highest BCUT2D eigenvalue weighted by atomic mass is 19.1. The van der Waals surface area contributed by atoms with Crippen LogP contribution in [-0.2, 0) is 0 Å². The molecule has 0 spiro atoms. The third kappa shape index (κ3) is 3.48. The number of nitrogens with two attached hydrogens (primary N) is 1. The summed E-state index contributed by atoms with van der Waals surface area (Å²) in [6, 6.07) is 11.6. The second-order valence-electron chi connectivity index (χ2n) is 4.49. The predicted molar refractivity (Wildman–Crippen MR) is 76.7 cm³/mol. The fourth-order valence-electron chi connectivity index (χ4n) is 1.78. The van der Waals surface area contributed by atoms with Crippen LogP contribution >= 0.6 is 0 Å². The van der Waals surface area contributed by atoms with E-state index in [1.165, 1.54) is 6.07 Å². The van der Waals surface area contributed by atoms with Crippen LogP contribution in [0.3, 0.4) is 0 Å². The van der Waals surface area contributed by atoms with Crippen LogP contribution in [0.15, 0.2) is 42.5 Å². The minimum Gasteiger partial charge on any atom is -0.494 e. The molecule has 0 radical (unpaired) electrons. The predicted octanol–water partition coefficient (Wildman–Crippen LogP) is 4.04. The molecule has 0 aliphatic rings. The molecule has 1 atom stereocenters. The van der Waals surface area contributed by atoms with Crippen molar-refractivity contribution in [1.82, 2.24) is 0 Å². The molecule has 106 valence electrons. The molecule has 2 aromatic rings. The van der Waals surface area contributed by atoms with E-state index in [1.807, 2.05) is 13.8 Å². The van der Waals surface area contributed by atoms with Gasteiger partial charge >= 0.3 is 0 Å². The van der Waals surface area contributed by atoms with E-state index in [2.05, 4.69) is 0 Å². The summed E-state index contributed by atoms with van der Waals surface area (Å²) < 4.78 is 24.7. The average Bonchev–Trinajstić information content (AvgIpc) is 2.43. The molecule has 3 nitrogen and oxygen atoms in total. The molecule has 2 rings (SSSR count). The molecular weight excluding hydrogens is 257 g/mol. The number of rotatable bonds is 5. The fraction of sp³-hybridized carbons (Fsp3) is 0.250. The van der Waals surface area contributed by atoms with Crippen molar-refractivity contribution in [1.29, 1.82) is 0 Å². The first-order valence-corrected chi connectivity index (χ1v) is 6.56. The molecule has 20 heavy (non-hydrogen) atoms. The molecule has 0 unspecified atom stereocenters. The van der Waals surface area contributed by atoms with Crippen molar-refractivity contribution in [3.05, 3.63) is 53.8 Å². The zero-order valence-electron chi connectivity index (χ0n) is 11.6. The molecule has 0 heterocycles. The van der Waals surface area contributed by atoms with E-state index in [0.29, 0.717) is 12.4 Å². The van der Waals surface area contributed by atoms with E-state index in [4.69, 9.17) is 15.2 Å². The zero-order valence-corrected chi connectivity index (χ0v) is 11.6. The molecule has 0 amide bonds. The lowest BCUT2D eigenvalue weighted by Gasteiger charge is -2.10. The highest BCUT2D eigenvalue weighted by Gasteiger charge is 2.08. The largest absolute Gasteiger partial charge is 0.494 e. The molecule has 2 N–H and O–H groups in total. The van der Waals surface area contributed by atoms with Crippen molar-refractivity contribution >= 4 is 0 Å². The Kier molecular flexibility index (Phi) is 4.58. The second kappa shape index (κ2) is 6.39. The Bertz CT molecular complexity index is 567. The zero-order chi connectivity index (χ0) is 14.5. The Morgan fingerprint density at radius 1 is 1.10 bits per heavy atom. The topological polar surface area (TPSA) is 44.5 Å². The van der Waals surface area contributed by atoms with Gasteiger partial charge in [-0.3, -0.25) is 0 Å². The van der Waals surface area contributed by atoms with Gasteiger partial charge < -0.3 is 15.2 Å². The summed E-state index contributed by atoms with van der Waals surface area (Å²) in [6.07, 6.45) is 0. The Morgan fingerprint density at radius 3 is 2.30 bits per heavy atom. The Morgan fingerprint density at radius 2 is 1.75 bits per heavy atom. The first kappa shape index (κ1) is 14.3. The number of benzene rings is 2. The maximum atomic E-state index is 13.9. The minimum absolute atomic E-state index is 0.179. The Balaban J connectivity index is 2.13. The smallest absolute Gasteiger partial charge is 0.166 e. The van der Waals surface area contributed by atoms with Crippen molar-refractivity contribution in [3.8, 4) is 17.2 Å². The number of hydrogen-bond donors (Lipinski definition) is 1. The summed E-state index contributed by atoms with van der Waals surface area (Å²) in [7, 11) is 0. The van der Waals surface area contributed by atoms with Crippen molar-refractivity contribution < 1.29 is 13.9 Å². The number of ether oxygens (including phenoxy) is 2. The standard InChI is InChI=1S/C16H18FNO2/c1-3-19-13-5-7-14(8-6-13)20-16-9-4-12(11(2)18)10-15(16)17/h4-11H,3,18H2,1-2H3/t11-/m1/s1. The average molecular weight is 275 g/mol. The molecule has 0 aliphatic carbocycles. The molecule has 0 saturated heterocycles. The lowest BCUT2D eigenvalue weighted by molar-refractivity contribution is 0.339. The maximum absolute atomic E-state index is 13.9. The summed E-state index contributed by atoms with van der Waals surface area (Å²) >= 11 is 0. The quantitative estimate of drug-likeness (QED) is 0.895. The summed E-state index contributed by atoms with van der Waals surface area (Å²) in [5, 5.41) is 0. The van der Waals surface area contributed by atoms with E-state index in [1.54, 1.807) is 36.4 Å². The highest BCUT2D eigenvalue weighted by molar-refractivity contribution is 5.37. The van der Waals surface area contributed by atoms with Crippen molar-refractivity contribution in [3.63, 3.8) is 0 Å². The lowest BCUT2D eigenvalue weighted by atomic mass is 10.1. The van der Waals surface area contributed by atoms with E-state index >= 15 is 0 Å². The van der Waals surface area contributed by atoms with Crippen LogP contribution in [0, 0.1) is 5.82 Å². The first-order chi connectivity index (χ1) is 9.60. The molecule has 0 fully saturated rings. The van der Waals surface area contributed by atoms with Gasteiger partial charge in [0.15, 0.2) is 11.6 Å². The molecule has 4 heteroatoms. The number of halogens is 1. The lowest BCUT2D eigenvalue weighted by Crippen LogP contribution is -2.05. The molecular formula is C16H18FNO2. The van der Waals surface area contributed by atoms with Crippen LogP contribution in [-0.4, -0.2) is 6.61 Å². The molecule has 0 aliphatic heterocycles. The fourth-order valence-corrected chi connectivity index (χ4v) is 1.78. The molecule has 0 saturated carbocycles. The highest BCUT2D eigenvalue weighted by Crippen LogP contribution is 2.27. The van der Waals surface area contributed by atoms with Gasteiger partial charge in [0.25, 0.3) is 0 Å². The SMILES string of the molecule is CCOc1ccc(Oc2ccc([C@@H](C)N)cc2F)cc1. The Labute approximate surface area is 118 Å². The van der Waals surface area contributed by atoms with Gasteiger partial charge in [0.2, 0.25) is 0 Å². The monoisotopic (exact) mass is 275 g/mol. The van der Waals surface area contributed by atoms with Crippen LogP contribution < -0.4 is 15.2 Å². The van der Waals surface area contributed by atoms with Crippen molar-refractivity contribution in [2.45, 2.75) is 19.9 Å². The summed E-state index contributed by atoms with van der Waals surface area (Å²) in [4.78, 5) is 0. The number of hydrogen-bond acceptors (Lipinski definition) is 3. The van der Waals surface area contributed by atoms with E-state index < -0.39 is 5.82 Å². The van der Waals surface area contributed by atoms with Crippen LogP contribution in [0.2, 0.25) is 0 Å². The van der Waals surface area contributed by atoms with Gasteiger partial charge in [-0.05, 0) is 55.8 Å². The maximum Gasteiger partial charge on any atom is 0.166 e. The van der Waals surface area contributed by atoms with Gasteiger partial charge in [-0.2, -0.15) is 0 Å². The summed E-state index contributed by atoms with van der Waals surface area (Å²) in [5.74, 6) is 1.07. The van der Waals surface area contributed by atoms with Gasteiger partial charge in [0.05, 0.1) is 6.61 Å². The van der Waals surface area contributed by atoms with Crippen molar-refractivity contribution in [2.75, 3.05) is 6.61 Å². The van der Waals surface area contributed by atoms with Gasteiger partial charge in [-0.25, -0.2) is 4.39 Å². The third-order valence-electron chi connectivity index (χ3n) is 2.84. The van der Waals surface area contributed by atoms with Crippen LogP contribution in [0.25, 0.3) is 0 Å². The second-order valence-corrected chi connectivity index (χ2v) is 4.49. The van der Waals surface area contributed by atoms with E-state index in [0.717, 1.165) is 11.3 Å². The van der Waals surface area contributed by atoms with Crippen LogP contribution in [0.4, 0.5) is 4.39 Å². The van der Waals surface area contributed by atoms with Gasteiger partial charge in [0, 0.05) is 6.04 Å². The third-order valence-corrected chi connectivity index (χ3v) is 2.84.